The number of piperazine rings is 1. The van der Waals surface area contributed by atoms with Gasteiger partial charge in [0.2, 0.25) is 17.6 Å². The van der Waals surface area contributed by atoms with Crippen LogP contribution in [0.2, 0.25) is 5.02 Å². The third kappa shape index (κ3) is 6.86. The molecule has 2 amide bonds. The van der Waals surface area contributed by atoms with Crippen molar-refractivity contribution in [3.8, 4) is 0 Å². The molecule has 0 radical (unpaired) electrons. The van der Waals surface area contributed by atoms with Gasteiger partial charge in [-0.1, -0.05) is 31.5 Å². The number of hydrogen-bond acceptors (Lipinski definition) is 9. The molecule has 3 aromatic heterocycles. The fraction of sp³-hybridized carbons (Fsp3) is 0.455. The largest absolute Gasteiger partial charge is 0.417 e. The van der Waals surface area contributed by atoms with E-state index in [0.717, 1.165) is 17.7 Å². The first-order chi connectivity index (χ1) is 23.9. The van der Waals surface area contributed by atoms with Gasteiger partial charge in [0.1, 0.15) is 17.9 Å². The molecular formula is C33H37ClF3N9O4. The zero-order valence-electron chi connectivity index (χ0n) is 27.9. The van der Waals surface area contributed by atoms with Crippen molar-refractivity contribution >= 4 is 46.5 Å². The summed E-state index contributed by atoms with van der Waals surface area (Å²) in [6, 6.07) is 5.65. The summed E-state index contributed by atoms with van der Waals surface area (Å²) >= 11 is 5.96. The Balaban J connectivity index is 1.34. The summed E-state index contributed by atoms with van der Waals surface area (Å²) in [7, 11) is 0. The van der Waals surface area contributed by atoms with E-state index in [9.17, 15) is 27.6 Å². The van der Waals surface area contributed by atoms with Crippen LogP contribution in [-0.4, -0.2) is 93.3 Å². The minimum absolute atomic E-state index is 0.124. The van der Waals surface area contributed by atoms with Crippen molar-refractivity contribution in [3.05, 3.63) is 73.9 Å². The van der Waals surface area contributed by atoms with Crippen LogP contribution in [0.5, 0.6) is 0 Å². The summed E-state index contributed by atoms with van der Waals surface area (Å²) in [5.74, 6) is -0.289. The van der Waals surface area contributed by atoms with Crippen LogP contribution in [-0.2, 0) is 35.1 Å². The number of aromatic nitrogens is 5. The third-order valence-electron chi connectivity index (χ3n) is 9.00. The van der Waals surface area contributed by atoms with E-state index in [-0.39, 0.29) is 29.5 Å². The summed E-state index contributed by atoms with van der Waals surface area (Å²) in [4.78, 5) is 55.8. The van der Waals surface area contributed by atoms with E-state index >= 15 is 0 Å². The van der Waals surface area contributed by atoms with Gasteiger partial charge in [0.25, 0.3) is 11.5 Å². The van der Waals surface area contributed by atoms with E-state index in [1.54, 1.807) is 21.7 Å². The lowest BCUT2D eigenvalue weighted by molar-refractivity contribution is -0.137. The quantitative estimate of drug-likeness (QED) is 0.289. The molecule has 4 aromatic rings. The van der Waals surface area contributed by atoms with Crippen LogP contribution < -0.4 is 20.7 Å². The molecule has 2 aliphatic rings. The average molecular weight is 716 g/mol. The molecule has 13 nitrogen and oxygen atoms in total. The number of fused-ring (bicyclic) bond motifs is 1. The first kappa shape index (κ1) is 35.1. The van der Waals surface area contributed by atoms with Gasteiger partial charge < -0.3 is 29.3 Å². The molecule has 0 unspecified atom stereocenters. The van der Waals surface area contributed by atoms with E-state index in [1.807, 2.05) is 29.7 Å². The number of carbonyl (C=O) groups is 2. The number of benzene rings is 1. The van der Waals surface area contributed by atoms with Gasteiger partial charge in [-0.25, -0.2) is 0 Å². The second-order valence-corrected chi connectivity index (χ2v) is 12.5. The highest BCUT2D eigenvalue weighted by atomic mass is 35.5. The molecule has 2 aliphatic heterocycles. The van der Waals surface area contributed by atoms with Gasteiger partial charge in [0, 0.05) is 51.2 Å². The molecule has 1 aromatic carbocycles. The maximum absolute atomic E-state index is 14.2. The van der Waals surface area contributed by atoms with Crippen LogP contribution >= 0.6 is 11.6 Å². The monoisotopic (exact) mass is 715 g/mol. The first-order valence-electron chi connectivity index (χ1n) is 16.4. The lowest BCUT2D eigenvalue weighted by Gasteiger charge is -2.36. The number of pyridine rings is 1. The lowest BCUT2D eigenvalue weighted by atomic mass is 10.1. The van der Waals surface area contributed by atoms with Crippen molar-refractivity contribution < 1.29 is 27.5 Å². The van der Waals surface area contributed by atoms with Gasteiger partial charge in [-0.15, -0.1) is 5.10 Å². The Hall–Kier alpha value is -4.70. The Bertz CT molecular complexity index is 1980. The summed E-state index contributed by atoms with van der Waals surface area (Å²) in [6.45, 7) is 8.26. The Kier molecular flexibility index (Phi) is 10.0. The van der Waals surface area contributed by atoms with Crippen LogP contribution in [0.25, 0.3) is 5.78 Å². The number of aryl methyl sites for hydroxylation is 2. The number of morpholine rings is 1. The van der Waals surface area contributed by atoms with E-state index in [0.29, 0.717) is 88.3 Å². The van der Waals surface area contributed by atoms with Gasteiger partial charge in [-0.3, -0.25) is 19.4 Å². The molecule has 0 aliphatic carbocycles. The standard InChI is InChI=1S/C33H37ClF3N9O4/c1-4-21-7-6-8-38-27(21)29(48)43-11-9-42(10-12-43)28-25(5-2)45(32-40-31(41-46(32)30(28)49)44-13-15-50-16-14-44)19-26(47)39-24-18-23(34)22(17-20(24)3)33(35,36)37/h6-8,17-18H,4-5,9-16,19H2,1-3H3,(H,39,47). The maximum Gasteiger partial charge on any atom is 0.417 e. The van der Waals surface area contributed by atoms with Crippen molar-refractivity contribution in [1.82, 2.24) is 29.0 Å². The van der Waals surface area contributed by atoms with Crippen LogP contribution in [0.3, 0.4) is 0 Å². The SMILES string of the molecule is CCc1cccnc1C(=O)N1CCN(c2c(CC)n(CC(=O)Nc3cc(Cl)c(C(F)(F)F)cc3C)c3nc(N4CCOCC4)nn3c2=O)CC1. The molecule has 0 saturated carbocycles. The second kappa shape index (κ2) is 14.3. The summed E-state index contributed by atoms with van der Waals surface area (Å²) in [5.41, 5.74) is 1.02. The normalized spacial score (nSPS) is 15.5. The van der Waals surface area contributed by atoms with E-state index in [4.69, 9.17) is 16.3 Å². The topological polar surface area (TPSA) is 130 Å². The van der Waals surface area contributed by atoms with Crippen LogP contribution in [0, 0.1) is 6.92 Å². The molecule has 0 spiro atoms. The smallest absolute Gasteiger partial charge is 0.378 e. The number of alkyl halides is 3. The number of nitrogens with zero attached hydrogens (tertiary/aromatic N) is 8. The Labute approximate surface area is 290 Å². The highest BCUT2D eigenvalue weighted by Crippen LogP contribution is 2.37. The molecule has 6 rings (SSSR count). The lowest BCUT2D eigenvalue weighted by Crippen LogP contribution is -2.51. The summed E-state index contributed by atoms with van der Waals surface area (Å²) < 4.78 is 48.5. The number of rotatable bonds is 8. The highest BCUT2D eigenvalue weighted by molar-refractivity contribution is 6.31. The molecular weight excluding hydrogens is 679 g/mol. The second-order valence-electron chi connectivity index (χ2n) is 12.1. The highest BCUT2D eigenvalue weighted by Gasteiger charge is 2.34. The number of hydrogen-bond donors (Lipinski definition) is 1. The minimum Gasteiger partial charge on any atom is -0.378 e. The molecule has 266 valence electrons. The number of anilines is 3. The van der Waals surface area contributed by atoms with Gasteiger partial charge >= 0.3 is 6.18 Å². The molecule has 50 heavy (non-hydrogen) atoms. The van der Waals surface area contributed by atoms with Crippen molar-refractivity contribution in [2.75, 3.05) is 67.6 Å². The van der Waals surface area contributed by atoms with Gasteiger partial charge in [-0.2, -0.15) is 22.7 Å². The summed E-state index contributed by atoms with van der Waals surface area (Å²) in [5, 5.41) is 6.71. The third-order valence-corrected chi connectivity index (χ3v) is 9.31. The predicted octanol–water partition coefficient (Wildman–Crippen LogP) is 3.83. The van der Waals surface area contributed by atoms with Gasteiger partial charge in [-0.05, 0) is 49.1 Å². The van der Waals surface area contributed by atoms with Crippen molar-refractivity contribution in [3.63, 3.8) is 0 Å². The number of amides is 2. The first-order valence-corrected chi connectivity index (χ1v) is 16.8. The zero-order chi connectivity index (χ0) is 35.7. The molecule has 2 saturated heterocycles. The van der Waals surface area contributed by atoms with Crippen LogP contribution in [0.15, 0.2) is 35.3 Å². The van der Waals surface area contributed by atoms with Gasteiger partial charge in [0.15, 0.2) is 0 Å². The van der Waals surface area contributed by atoms with Crippen LogP contribution in [0.4, 0.5) is 30.5 Å². The van der Waals surface area contributed by atoms with Crippen molar-refractivity contribution in [1.29, 1.82) is 0 Å². The van der Waals surface area contributed by atoms with Crippen LogP contribution in [0.1, 0.15) is 46.7 Å². The van der Waals surface area contributed by atoms with Crippen molar-refractivity contribution in [2.45, 2.75) is 46.3 Å². The minimum atomic E-state index is -4.65. The molecule has 0 bridgehead atoms. The van der Waals surface area contributed by atoms with Crippen molar-refractivity contribution in [2.24, 2.45) is 0 Å². The zero-order valence-corrected chi connectivity index (χ0v) is 28.6. The number of carbonyl (C=O) groups excluding carboxylic acids is 2. The van der Waals surface area contributed by atoms with E-state index < -0.39 is 28.2 Å². The predicted molar refractivity (Wildman–Crippen MR) is 181 cm³/mol. The van der Waals surface area contributed by atoms with Gasteiger partial charge in [0.05, 0.1) is 29.5 Å². The number of ether oxygens (including phenoxy) is 1. The average Bonchev–Trinajstić information content (AvgIpc) is 3.56. The van der Waals surface area contributed by atoms with E-state index in [2.05, 4.69) is 20.4 Å². The number of nitrogens with one attached hydrogen (secondary N) is 1. The maximum atomic E-state index is 14.2. The molecule has 2 fully saturated rings. The fourth-order valence-corrected chi connectivity index (χ4v) is 6.65. The number of halogens is 4. The Morgan fingerprint density at radius 1 is 1.02 bits per heavy atom. The summed E-state index contributed by atoms with van der Waals surface area (Å²) in [6.07, 6.45) is -2.05. The fourth-order valence-electron chi connectivity index (χ4n) is 6.38. The molecule has 1 N–H and O–H groups in total. The molecule has 5 heterocycles. The molecule has 0 atom stereocenters. The molecule has 17 heteroatoms. The Morgan fingerprint density at radius 2 is 1.74 bits per heavy atom. The van der Waals surface area contributed by atoms with E-state index in [1.165, 1.54) is 11.4 Å². The Morgan fingerprint density at radius 3 is 2.40 bits per heavy atom.